The van der Waals surface area contributed by atoms with Gasteiger partial charge >= 0.3 is 11.8 Å². The number of nitrogens with zero attached hydrogens (tertiary/aromatic N) is 2. The predicted molar refractivity (Wildman–Crippen MR) is 116 cm³/mol. The summed E-state index contributed by atoms with van der Waals surface area (Å²) in [6.45, 7) is 6.65. The minimum absolute atomic E-state index is 0.150. The molecule has 0 amide bonds. The molecule has 4 rings (SSSR count). The summed E-state index contributed by atoms with van der Waals surface area (Å²) in [7, 11) is 0. The number of aryl methyl sites for hydroxylation is 2. The molecule has 0 spiro atoms. The van der Waals surface area contributed by atoms with Gasteiger partial charge in [-0.15, -0.1) is 0 Å². The highest BCUT2D eigenvalue weighted by atomic mass is 19.4. The highest BCUT2D eigenvalue weighted by molar-refractivity contribution is 5.92. The third kappa shape index (κ3) is 4.25. The number of alkyl halides is 3. The maximum absolute atomic E-state index is 13.1. The molecular weight excluding hydrogens is 421 g/mol. The fraction of sp³-hybridized carbons (Fsp3) is 0.348. The van der Waals surface area contributed by atoms with Crippen molar-refractivity contribution in [1.29, 1.82) is 0 Å². The molecule has 6 nitrogen and oxygen atoms in total. The van der Waals surface area contributed by atoms with Crippen molar-refractivity contribution in [2.75, 3.05) is 18.4 Å². The Balaban J connectivity index is 1.80. The minimum Gasteiger partial charge on any atom is -0.403 e. The number of hydrogen-bond donors (Lipinski definition) is 2. The molecule has 0 fully saturated rings. The van der Waals surface area contributed by atoms with E-state index in [-0.39, 0.29) is 5.71 Å². The van der Waals surface area contributed by atoms with E-state index in [9.17, 15) is 18.0 Å². The van der Waals surface area contributed by atoms with Gasteiger partial charge < -0.3 is 15.1 Å². The summed E-state index contributed by atoms with van der Waals surface area (Å²) < 4.78 is 45.0. The minimum atomic E-state index is -4.43. The van der Waals surface area contributed by atoms with Gasteiger partial charge in [0.2, 0.25) is 5.71 Å². The van der Waals surface area contributed by atoms with Crippen LogP contribution in [0.2, 0.25) is 0 Å². The maximum atomic E-state index is 13.1. The molecule has 1 aromatic carbocycles. The molecule has 32 heavy (non-hydrogen) atoms. The van der Waals surface area contributed by atoms with E-state index in [0.717, 1.165) is 24.3 Å². The van der Waals surface area contributed by atoms with E-state index in [0.29, 0.717) is 46.7 Å². The Labute approximate surface area is 182 Å². The van der Waals surface area contributed by atoms with Gasteiger partial charge in [0.05, 0.1) is 16.5 Å². The second-order valence-electron chi connectivity index (χ2n) is 7.86. The van der Waals surface area contributed by atoms with Gasteiger partial charge in [-0.3, -0.25) is 0 Å². The Kier molecular flexibility index (Phi) is 5.77. The first kappa shape index (κ1) is 22.0. The summed E-state index contributed by atoms with van der Waals surface area (Å²) in [5, 5.41) is 6.96. The van der Waals surface area contributed by atoms with Gasteiger partial charge in [-0.2, -0.15) is 18.2 Å². The van der Waals surface area contributed by atoms with E-state index < -0.39 is 23.4 Å². The Morgan fingerprint density at radius 1 is 1.22 bits per heavy atom. The standard InChI is InChI=1S/C23H23F3N4O2/c1-12-18(15-7-9-27-10-8-15)22(31)32-21-19(12)20(29-14(3)30-21)28-13(2)16-5-4-6-17(11-16)23(24,25)26/h4-7,11,13,27H,8-10H2,1-3H3,(H,28,29,30)/t13-/m1/s1. The number of halogens is 3. The molecule has 3 aromatic rings. The van der Waals surface area contributed by atoms with Crippen LogP contribution in [0.1, 0.15) is 47.5 Å². The first-order valence-electron chi connectivity index (χ1n) is 10.3. The van der Waals surface area contributed by atoms with Gasteiger partial charge in [-0.1, -0.05) is 18.2 Å². The van der Waals surface area contributed by atoms with Crippen LogP contribution in [0.4, 0.5) is 19.0 Å². The quantitative estimate of drug-likeness (QED) is 0.604. The van der Waals surface area contributed by atoms with Crippen molar-refractivity contribution in [3.8, 4) is 0 Å². The molecule has 168 valence electrons. The highest BCUT2D eigenvalue weighted by Gasteiger charge is 2.31. The number of rotatable bonds is 4. The van der Waals surface area contributed by atoms with Crippen LogP contribution in [-0.2, 0) is 6.18 Å². The lowest BCUT2D eigenvalue weighted by Crippen LogP contribution is -2.23. The molecule has 0 saturated carbocycles. The van der Waals surface area contributed by atoms with Crippen LogP contribution in [0.15, 0.2) is 39.6 Å². The Hall–Kier alpha value is -3.20. The molecule has 2 N–H and O–H groups in total. The predicted octanol–water partition coefficient (Wildman–Crippen LogP) is 4.77. The summed E-state index contributed by atoms with van der Waals surface area (Å²) in [4.78, 5) is 21.5. The summed E-state index contributed by atoms with van der Waals surface area (Å²) in [5.74, 6) is 0.794. The molecular formula is C23H23F3N4O2. The molecule has 0 bridgehead atoms. The van der Waals surface area contributed by atoms with Crippen molar-refractivity contribution < 1.29 is 17.6 Å². The van der Waals surface area contributed by atoms with Crippen molar-refractivity contribution in [3.05, 3.63) is 68.8 Å². The lowest BCUT2D eigenvalue weighted by molar-refractivity contribution is -0.137. The summed E-state index contributed by atoms with van der Waals surface area (Å²) in [5.41, 5.74) is 1.50. The zero-order chi connectivity index (χ0) is 23.0. The highest BCUT2D eigenvalue weighted by Crippen LogP contribution is 2.33. The lowest BCUT2D eigenvalue weighted by atomic mass is 9.96. The zero-order valence-electron chi connectivity index (χ0n) is 17.9. The van der Waals surface area contributed by atoms with Gasteiger partial charge in [0.15, 0.2) is 0 Å². The van der Waals surface area contributed by atoms with E-state index in [1.54, 1.807) is 19.9 Å². The maximum Gasteiger partial charge on any atom is 0.416 e. The molecule has 0 radical (unpaired) electrons. The van der Waals surface area contributed by atoms with Crippen molar-refractivity contribution in [2.45, 2.75) is 39.4 Å². The largest absolute Gasteiger partial charge is 0.416 e. The number of aromatic nitrogens is 2. The number of nitrogens with one attached hydrogen (secondary N) is 2. The van der Waals surface area contributed by atoms with E-state index in [1.165, 1.54) is 6.07 Å². The average molecular weight is 444 g/mol. The lowest BCUT2D eigenvalue weighted by Gasteiger charge is -2.20. The number of fused-ring (bicyclic) bond motifs is 1. The summed E-state index contributed by atoms with van der Waals surface area (Å²) in [6.07, 6.45) is -1.78. The normalized spacial score (nSPS) is 15.5. The zero-order valence-corrected chi connectivity index (χ0v) is 17.9. The van der Waals surface area contributed by atoms with E-state index in [1.807, 2.05) is 13.0 Å². The third-order valence-electron chi connectivity index (χ3n) is 5.58. The fourth-order valence-electron chi connectivity index (χ4n) is 3.97. The molecule has 1 aliphatic heterocycles. The van der Waals surface area contributed by atoms with E-state index >= 15 is 0 Å². The molecule has 9 heteroatoms. The first-order chi connectivity index (χ1) is 15.1. The van der Waals surface area contributed by atoms with Crippen LogP contribution >= 0.6 is 0 Å². The second kappa shape index (κ2) is 8.38. The topological polar surface area (TPSA) is 80.0 Å². The number of anilines is 1. The van der Waals surface area contributed by atoms with Crippen LogP contribution in [0.25, 0.3) is 16.7 Å². The van der Waals surface area contributed by atoms with Crippen LogP contribution in [0, 0.1) is 13.8 Å². The summed E-state index contributed by atoms with van der Waals surface area (Å²) >= 11 is 0. The molecule has 0 saturated heterocycles. The Morgan fingerprint density at radius 2 is 2.00 bits per heavy atom. The van der Waals surface area contributed by atoms with Gasteiger partial charge in [0.25, 0.3) is 0 Å². The van der Waals surface area contributed by atoms with E-state index in [4.69, 9.17) is 4.42 Å². The second-order valence-corrected chi connectivity index (χ2v) is 7.86. The third-order valence-corrected chi connectivity index (χ3v) is 5.58. The first-order valence-corrected chi connectivity index (χ1v) is 10.3. The molecule has 0 unspecified atom stereocenters. The molecule has 1 atom stereocenters. The van der Waals surface area contributed by atoms with Crippen LogP contribution in [0.5, 0.6) is 0 Å². The number of hydrogen-bond acceptors (Lipinski definition) is 6. The molecule has 2 aromatic heterocycles. The molecule has 3 heterocycles. The average Bonchev–Trinajstić information content (AvgIpc) is 2.73. The van der Waals surface area contributed by atoms with Crippen LogP contribution in [0.3, 0.4) is 0 Å². The van der Waals surface area contributed by atoms with E-state index in [2.05, 4.69) is 20.6 Å². The van der Waals surface area contributed by atoms with Crippen molar-refractivity contribution >= 4 is 22.5 Å². The van der Waals surface area contributed by atoms with Gasteiger partial charge in [-0.25, -0.2) is 9.78 Å². The summed E-state index contributed by atoms with van der Waals surface area (Å²) in [6, 6.07) is 4.68. The molecule has 0 aliphatic carbocycles. The Bertz CT molecular complexity index is 1260. The number of benzene rings is 1. The molecule has 1 aliphatic rings. The van der Waals surface area contributed by atoms with Crippen LogP contribution < -0.4 is 16.3 Å². The van der Waals surface area contributed by atoms with Gasteiger partial charge in [-0.05, 0) is 62.6 Å². The van der Waals surface area contributed by atoms with Crippen molar-refractivity contribution in [2.24, 2.45) is 0 Å². The monoisotopic (exact) mass is 444 g/mol. The Morgan fingerprint density at radius 3 is 2.69 bits per heavy atom. The van der Waals surface area contributed by atoms with Crippen LogP contribution in [-0.4, -0.2) is 23.1 Å². The fourth-order valence-corrected chi connectivity index (χ4v) is 3.97. The van der Waals surface area contributed by atoms with Crippen molar-refractivity contribution in [1.82, 2.24) is 15.3 Å². The van der Waals surface area contributed by atoms with Gasteiger partial charge in [0, 0.05) is 12.6 Å². The smallest absolute Gasteiger partial charge is 0.403 e. The van der Waals surface area contributed by atoms with Gasteiger partial charge in [0.1, 0.15) is 11.6 Å². The SMILES string of the molecule is Cc1nc(N[C@H](C)c2cccc(C(F)(F)F)c2)c2c(C)c(C3=CCNCC3)c(=O)oc2n1. The van der Waals surface area contributed by atoms with Crippen molar-refractivity contribution in [3.63, 3.8) is 0 Å².